The average Bonchev–Trinajstić information content (AvgIpc) is 3.06. The van der Waals surface area contributed by atoms with Gasteiger partial charge in [-0.3, -0.25) is 0 Å². The molecule has 9 atom stereocenters. The standard InChI is InChI=1S/C29H50O/c1-7-21(19(2)3)9-8-20(4)25-12-13-26-24-11-10-22-18-23(30)14-16-28(22,5)27(24)15-17-29(25,26)6/h10,19-21,23-27,30H,7-9,11-18H2,1-6H3/t20-,21+,23+,24+,25-,26+,27+,28+,29-/m1/s1. The van der Waals surface area contributed by atoms with Crippen LogP contribution in [0.2, 0.25) is 0 Å². The van der Waals surface area contributed by atoms with Crippen molar-refractivity contribution in [3.8, 4) is 0 Å². The molecule has 0 aliphatic heterocycles. The van der Waals surface area contributed by atoms with E-state index in [0.29, 0.717) is 10.8 Å². The van der Waals surface area contributed by atoms with Gasteiger partial charge in [-0.1, -0.05) is 66.0 Å². The van der Waals surface area contributed by atoms with E-state index in [1.165, 1.54) is 57.8 Å². The quantitative estimate of drug-likeness (QED) is 0.436. The van der Waals surface area contributed by atoms with Gasteiger partial charge in [-0.05, 0) is 110 Å². The number of aliphatic hydroxyl groups excluding tert-OH is 1. The van der Waals surface area contributed by atoms with Crippen LogP contribution in [-0.4, -0.2) is 11.2 Å². The second kappa shape index (κ2) is 8.57. The van der Waals surface area contributed by atoms with E-state index >= 15 is 0 Å². The predicted molar refractivity (Wildman–Crippen MR) is 128 cm³/mol. The highest BCUT2D eigenvalue weighted by Gasteiger charge is 2.59. The lowest BCUT2D eigenvalue weighted by Gasteiger charge is -2.58. The maximum Gasteiger partial charge on any atom is 0.0577 e. The van der Waals surface area contributed by atoms with Gasteiger partial charge in [-0.25, -0.2) is 0 Å². The molecule has 0 aromatic rings. The van der Waals surface area contributed by atoms with Gasteiger partial charge in [-0.15, -0.1) is 0 Å². The van der Waals surface area contributed by atoms with E-state index in [9.17, 15) is 5.11 Å². The van der Waals surface area contributed by atoms with Crippen LogP contribution in [0.5, 0.6) is 0 Å². The number of allylic oxidation sites excluding steroid dienone is 1. The third-order valence-electron chi connectivity index (χ3n) is 11.3. The minimum absolute atomic E-state index is 0.0794. The van der Waals surface area contributed by atoms with Crippen molar-refractivity contribution in [2.75, 3.05) is 0 Å². The van der Waals surface area contributed by atoms with E-state index in [1.807, 2.05) is 0 Å². The molecule has 0 heterocycles. The fourth-order valence-corrected chi connectivity index (χ4v) is 9.30. The molecule has 0 unspecified atom stereocenters. The second-order valence-electron chi connectivity index (χ2n) is 12.9. The summed E-state index contributed by atoms with van der Waals surface area (Å²) in [5.74, 6) is 6.31. The first-order valence-electron chi connectivity index (χ1n) is 13.6. The van der Waals surface area contributed by atoms with Crippen molar-refractivity contribution in [2.45, 2.75) is 118 Å². The van der Waals surface area contributed by atoms with Gasteiger partial charge in [0.25, 0.3) is 0 Å². The van der Waals surface area contributed by atoms with E-state index in [1.54, 1.807) is 5.57 Å². The van der Waals surface area contributed by atoms with E-state index in [2.05, 4.69) is 47.6 Å². The molecule has 4 rings (SSSR count). The Kier molecular flexibility index (Phi) is 6.53. The Morgan fingerprint density at radius 1 is 1.00 bits per heavy atom. The largest absolute Gasteiger partial charge is 0.393 e. The zero-order valence-corrected chi connectivity index (χ0v) is 20.9. The minimum Gasteiger partial charge on any atom is -0.393 e. The molecule has 0 bridgehead atoms. The summed E-state index contributed by atoms with van der Waals surface area (Å²) in [4.78, 5) is 0. The normalized spacial score (nSPS) is 45.3. The minimum atomic E-state index is -0.0794. The topological polar surface area (TPSA) is 20.2 Å². The van der Waals surface area contributed by atoms with E-state index in [0.717, 1.165) is 54.3 Å². The first-order valence-corrected chi connectivity index (χ1v) is 13.6. The number of aliphatic hydroxyl groups is 1. The number of rotatable bonds is 6. The SMILES string of the molecule is CC[C@@H](CC[C@@H](C)[C@H]1CC[C@H]2[C@@H]3CC=C4C[C@@H](O)CC[C@]4(C)[C@H]3CC[C@]12C)C(C)C. The number of fused-ring (bicyclic) bond motifs is 5. The van der Waals surface area contributed by atoms with Crippen molar-refractivity contribution in [3.05, 3.63) is 11.6 Å². The smallest absolute Gasteiger partial charge is 0.0577 e. The molecular formula is C29H50O. The fraction of sp³-hybridized carbons (Fsp3) is 0.931. The van der Waals surface area contributed by atoms with Crippen molar-refractivity contribution in [3.63, 3.8) is 0 Å². The van der Waals surface area contributed by atoms with E-state index < -0.39 is 0 Å². The van der Waals surface area contributed by atoms with Crippen LogP contribution < -0.4 is 0 Å². The van der Waals surface area contributed by atoms with Crippen molar-refractivity contribution < 1.29 is 5.11 Å². The van der Waals surface area contributed by atoms with Crippen LogP contribution in [0.3, 0.4) is 0 Å². The molecule has 0 saturated heterocycles. The summed E-state index contributed by atoms with van der Waals surface area (Å²) in [6, 6.07) is 0. The number of hydrogen-bond donors (Lipinski definition) is 1. The third-order valence-corrected chi connectivity index (χ3v) is 11.3. The van der Waals surface area contributed by atoms with Crippen LogP contribution >= 0.6 is 0 Å². The zero-order valence-electron chi connectivity index (χ0n) is 20.9. The fourth-order valence-electron chi connectivity index (χ4n) is 9.30. The van der Waals surface area contributed by atoms with Gasteiger partial charge in [0.15, 0.2) is 0 Å². The van der Waals surface area contributed by atoms with Gasteiger partial charge in [-0.2, -0.15) is 0 Å². The highest BCUT2D eigenvalue weighted by Crippen LogP contribution is 2.67. The Balaban J connectivity index is 1.47. The Labute approximate surface area is 187 Å². The predicted octanol–water partition coefficient (Wildman–Crippen LogP) is 8.02. The average molecular weight is 415 g/mol. The summed E-state index contributed by atoms with van der Waals surface area (Å²) in [5.41, 5.74) is 2.59. The molecule has 3 saturated carbocycles. The van der Waals surface area contributed by atoms with Crippen LogP contribution in [-0.2, 0) is 0 Å². The molecule has 0 aromatic heterocycles. The maximum absolute atomic E-state index is 10.2. The Morgan fingerprint density at radius 2 is 1.77 bits per heavy atom. The lowest BCUT2D eigenvalue weighted by molar-refractivity contribution is -0.0575. The summed E-state index contributed by atoms with van der Waals surface area (Å²) in [7, 11) is 0. The van der Waals surface area contributed by atoms with Crippen molar-refractivity contribution in [1.29, 1.82) is 0 Å². The summed E-state index contributed by atoms with van der Waals surface area (Å²) >= 11 is 0. The van der Waals surface area contributed by atoms with Crippen LogP contribution in [0.25, 0.3) is 0 Å². The van der Waals surface area contributed by atoms with Crippen LogP contribution in [0, 0.1) is 52.3 Å². The summed E-state index contributed by atoms with van der Waals surface area (Å²) in [5, 5.41) is 10.2. The summed E-state index contributed by atoms with van der Waals surface area (Å²) < 4.78 is 0. The van der Waals surface area contributed by atoms with Gasteiger partial charge in [0.05, 0.1) is 6.10 Å². The molecule has 30 heavy (non-hydrogen) atoms. The molecule has 1 nitrogen and oxygen atoms in total. The Morgan fingerprint density at radius 3 is 2.47 bits per heavy atom. The van der Waals surface area contributed by atoms with Gasteiger partial charge in [0.2, 0.25) is 0 Å². The number of hydrogen-bond acceptors (Lipinski definition) is 1. The molecule has 4 aliphatic carbocycles. The lowest BCUT2D eigenvalue weighted by atomic mass is 9.47. The molecule has 0 aromatic carbocycles. The van der Waals surface area contributed by atoms with Gasteiger partial charge in [0, 0.05) is 0 Å². The van der Waals surface area contributed by atoms with Crippen LogP contribution in [0.1, 0.15) is 112 Å². The molecule has 4 aliphatic rings. The second-order valence-corrected chi connectivity index (χ2v) is 12.9. The summed E-state index contributed by atoms with van der Waals surface area (Å²) in [6.45, 7) is 15.1. The highest BCUT2D eigenvalue weighted by atomic mass is 16.3. The first-order chi connectivity index (χ1) is 14.2. The third kappa shape index (κ3) is 3.74. The monoisotopic (exact) mass is 414 g/mol. The maximum atomic E-state index is 10.2. The van der Waals surface area contributed by atoms with Crippen molar-refractivity contribution >= 4 is 0 Å². The summed E-state index contributed by atoms with van der Waals surface area (Å²) in [6.07, 6.45) is 17.1. The van der Waals surface area contributed by atoms with Gasteiger partial charge < -0.3 is 5.11 Å². The molecular weight excluding hydrogens is 364 g/mol. The van der Waals surface area contributed by atoms with Crippen molar-refractivity contribution in [1.82, 2.24) is 0 Å². The lowest BCUT2D eigenvalue weighted by Crippen LogP contribution is -2.50. The Bertz CT molecular complexity index is 634. The van der Waals surface area contributed by atoms with Crippen LogP contribution in [0.4, 0.5) is 0 Å². The Hall–Kier alpha value is -0.300. The molecule has 0 radical (unpaired) electrons. The molecule has 0 amide bonds. The molecule has 3 fully saturated rings. The molecule has 172 valence electrons. The van der Waals surface area contributed by atoms with Crippen LogP contribution in [0.15, 0.2) is 11.6 Å². The first kappa shape index (κ1) is 22.9. The van der Waals surface area contributed by atoms with Gasteiger partial charge in [0.1, 0.15) is 0 Å². The van der Waals surface area contributed by atoms with E-state index in [-0.39, 0.29) is 6.10 Å². The highest BCUT2D eigenvalue weighted by molar-refractivity contribution is 5.25. The molecule has 1 N–H and O–H groups in total. The van der Waals surface area contributed by atoms with E-state index in [4.69, 9.17) is 0 Å². The zero-order chi connectivity index (χ0) is 21.7. The molecule has 0 spiro atoms. The van der Waals surface area contributed by atoms with Crippen molar-refractivity contribution in [2.24, 2.45) is 52.3 Å². The molecule has 1 heteroatoms. The van der Waals surface area contributed by atoms with Gasteiger partial charge >= 0.3 is 0 Å².